The van der Waals surface area contributed by atoms with E-state index >= 15 is 0 Å². The van der Waals surface area contributed by atoms with E-state index in [0.29, 0.717) is 16.6 Å². The zero-order chi connectivity index (χ0) is 18.7. The number of carbonyl (C=O) groups is 1. The Kier molecular flexibility index (Phi) is 5.37. The van der Waals surface area contributed by atoms with Crippen LogP contribution in [-0.2, 0) is 13.1 Å². The molecule has 0 radical (unpaired) electrons. The van der Waals surface area contributed by atoms with Crippen LogP contribution in [0.15, 0.2) is 58.1 Å². The highest BCUT2D eigenvalue weighted by molar-refractivity contribution is 9.10. The topological polar surface area (TPSA) is 66.1 Å². The second kappa shape index (κ2) is 7.70. The normalized spacial score (nSPS) is 10.7. The van der Waals surface area contributed by atoms with Crippen molar-refractivity contribution in [3.63, 3.8) is 0 Å². The SMILES string of the molecule is COc1cc(Br)cn(CC(=O)c2cnn(Cc3ccccc3)c2C)c1=O. The van der Waals surface area contributed by atoms with E-state index in [1.54, 1.807) is 23.1 Å². The van der Waals surface area contributed by atoms with Crippen LogP contribution in [0.5, 0.6) is 5.75 Å². The van der Waals surface area contributed by atoms with Crippen molar-refractivity contribution in [2.24, 2.45) is 0 Å². The molecule has 0 aliphatic rings. The molecule has 0 saturated heterocycles. The fourth-order valence-corrected chi connectivity index (χ4v) is 3.17. The Morgan fingerprint density at radius 2 is 2.00 bits per heavy atom. The average molecular weight is 416 g/mol. The number of carbonyl (C=O) groups excluding carboxylic acids is 1. The van der Waals surface area contributed by atoms with Crippen LogP contribution in [0.2, 0.25) is 0 Å². The molecule has 0 aliphatic heterocycles. The fourth-order valence-electron chi connectivity index (χ4n) is 2.71. The third-order valence-electron chi connectivity index (χ3n) is 4.13. The highest BCUT2D eigenvalue weighted by atomic mass is 79.9. The number of aromatic nitrogens is 3. The van der Waals surface area contributed by atoms with Crippen LogP contribution in [-0.4, -0.2) is 27.2 Å². The maximum Gasteiger partial charge on any atom is 0.293 e. The Bertz CT molecular complexity index is 993. The number of hydrogen-bond donors (Lipinski definition) is 0. The first kappa shape index (κ1) is 18.1. The molecule has 0 atom stereocenters. The predicted octanol–water partition coefficient (Wildman–Crippen LogP) is 3.06. The molecule has 0 N–H and O–H groups in total. The number of Topliss-reactive ketones (excluding diaryl/α,β-unsaturated/α-hetero) is 1. The summed E-state index contributed by atoms with van der Waals surface area (Å²) in [7, 11) is 1.42. The van der Waals surface area contributed by atoms with Crippen LogP contribution in [0.3, 0.4) is 0 Å². The second-order valence-corrected chi connectivity index (χ2v) is 6.79. The fraction of sp³-hybridized carbons (Fsp3) is 0.211. The lowest BCUT2D eigenvalue weighted by Gasteiger charge is -2.09. The molecule has 26 heavy (non-hydrogen) atoms. The molecule has 0 amide bonds. The van der Waals surface area contributed by atoms with Crippen LogP contribution < -0.4 is 10.3 Å². The van der Waals surface area contributed by atoms with Crippen molar-refractivity contribution in [3.8, 4) is 5.75 Å². The number of ketones is 1. The van der Waals surface area contributed by atoms with E-state index in [1.807, 2.05) is 37.3 Å². The molecule has 1 aromatic carbocycles. The maximum atomic E-state index is 12.7. The van der Waals surface area contributed by atoms with Gasteiger partial charge in [0.15, 0.2) is 11.5 Å². The summed E-state index contributed by atoms with van der Waals surface area (Å²) in [5.74, 6) is 0.00716. The van der Waals surface area contributed by atoms with Crippen molar-refractivity contribution in [2.75, 3.05) is 7.11 Å². The molecule has 3 aromatic rings. The van der Waals surface area contributed by atoms with E-state index in [2.05, 4.69) is 21.0 Å². The van der Waals surface area contributed by atoms with Gasteiger partial charge >= 0.3 is 0 Å². The molecule has 0 spiro atoms. The minimum Gasteiger partial charge on any atom is -0.491 e. The van der Waals surface area contributed by atoms with E-state index in [0.717, 1.165) is 11.3 Å². The maximum absolute atomic E-state index is 12.7. The second-order valence-electron chi connectivity index (χ2n) is 5.87. The Labute approximate surface area is 159 Å². The molecule has 0 saturated carbocycles. The van der Waals surface area contributed by atoms with Gasteiger partial charge in [0.05, 0.1) is 32.0 Å². The smallest absolute Gasteiger partial charge is 0.293 e. The van der Waals surface area contributed by atoms with Crippen LogP contribution in [0.25, 0.3) is 0 Å². The van der Waals surface area contributed by atoms with Gasteiger partial charge in [-0.2, -0.15) is 5.10 Å². The highest BCUT2D eigenvalue weighted by Crippen LogP contribution is 2.15. The molecule has 0 unspecified atom stereocenters. The largest absolute Gasteiger partial charge is 0.491 e. The summed E-state index contributed by atoms with van der Waals surface area (Å²) in [6.45, 7) is 2.37. The van der Waals surface area contributed by atoms with Gasteiger partial charge in [0.1, 0.15) is 0 Å². The van der Waals surface area contributed by atoms with E-state index in [4.69, 9.17) is 4.74 Å². The number of methoxy groups -OCH3 is 1. The quantitative estimate of drug-likeness (QED) is 0.580. The molecule has 7 heteroatoms. The first-order chi connectivity index (χ1) is 12.5. The molecule has 0 bridgehead atoms. The zero-order valence-corrected chi connectivity index (χ0v) is 16.1. The van der Waals surface area contributed by atoms with Gasteiger partial charge < -0.3 is 9.30 Å². The third-order valence-corrected chi connectivity index (χ3v) is 4.57. The van der Waals surface area contributed by atoms with Crippen molar-refractivity contribution >= 4 is 21.7 Å². The number of nitrogens with zero attached hydrogens (tertiary/aromatic N) is 3. The summed E-state index contributed by atoms with van der Waals surface area (Å²) in [5, 5.41) is 4.32. The molecular formula is C19H18BrN3O3. The third kappa shape index (κ3) is 3.77. The van der Waals surface area contributed by atoms with Crippen molar-refractivity contribution in [1.82, 2.24) is 14.3 Å². The number of halogens is 1. The lowest BCUT2D eigenvalue weighted by atomic mass is 10.1. The monoisotopic (exact) mass is 415 g/mol. The van der Waals surface area contributed by atoms with Crippen molar-refractivity contribution in [1.29, 1.82) is 0 Å². The predicted molar refractivity (Wildman–Crippen MR) is 102 cm³/mol. The van der Waals surface area contributed by atoms with Gasteiger partial charge in [-0.15, -0.1) is 0 Å². The summed E-state index contributed by atoms with van der Waals surface area (Å²) in [5.41, 5.74) is 2.03. The number of pyridine rings is 1. The van der Waals surface area contributed by atoms with Gasteiger partial charge in [0.2, 0.25) is 0 Å². The van der Waals surface area contributed by atoms with Gasteiger partial charge in [-0.05, 0) is 28.4 Å². The first-order valence-electron chi connectivity index (χ1n) is 8.03. The Hall–Kier alpha value is -2.67. The first-order valence-corrected chi connectivity index (χ1v) is 8.82. The molecule has 2 aromatic heterocycles. The molecular weight excluding hydrogens is 398 g/mol. The Balaban J connectivity index is 1.84. The van der Waals surface area contributed by atoms with Gasteiger partial charge in [-0.1, -0.05) is 30.3 Å². The van der Waals surface area contributed by atoms with Gasteiger partial charge in [0.25, 0.3) is 5.56 Å². The van der Waals surface area contributed by atoms with Crippen molar-refractivity contribution < 1.29 is 9.53 Å². The van der Waals surface area contributed by atoms with Gasteiger partial charge in [-0.3, -0.25) is 14.3 Å². The minimum atomic E-state index is -0.349. The molecule has 6 nitrogen and oxygen atoms in total. The molecule has 0 aliphatic carbocycles. The van der Waals surface area contributed by atoms with Gasteiger partial charge in [0, 0.05) is 22.4 Å². The summed E-state index contributed by atoms with van der Waals surface area (Å²) < 4.78 is 8.84. The van der Waals surface area contributed by atoms with E-state index < -0.39 is 0 Å². The lowest BCUT2D eigenvalue weighted by molar-refractivity contribution is 0.0970. The standard InChI is InChI=1S/C19H18BrN3O3/c1-13-16(9-21-23(13)10-14-6-4-3-5-7-14)17(24)12-22-11-15(20)8-18(26-2)19(22)25/h3-9,11H,10,12H2,1-2H3. The summed E-state index contributed by atoms with van der Waals surface area (Å²) in [4.78, 5) is 25.0. The zero-order valence-electron chi connectivity index (χ0n) is 14.5. The van der Waals surface area contributed by atoms with Crippen molar-refractivity contribution in [3.05, 3.63) is 80.4 Å². The van der Waals surface area contributed by atoms with Crippen LogP contribution in [0, 0.1) is 6.92 Å². The highest BCUT2D eigenvalue weighted by Gasteiger charge is 2.17. The molecule has 0 fully saturated rings. The van der Waals surface area contributed by atoms with Crippen LogP contribution in [0.4, 0.5) is 0 Å². The Morgan fingerprint density at radius 3 is 2.69 bits per heavy atom. The lowest BCUT2D eigenvalue weighted by Crippen LogP contribution is -2.25. The summed E-state index contributed by atoms with van der Waals surface area (Å²) >= 11 is 3.32. The molecule has 134 valence electrons. The number of benzene rings is 1. The summed E-state index contributed by atoms with van der Waals surface area (Å²) in [6, 6.07) is 11.5. The number of rotatable bonds is 6. The molecule has 3 rings (SSSR count). The number of hydrogen-bond acceptors (Lipinski definition) is 4. The average Bonchev–Trinajstić information content (AvgIpc) is 2.99. The van der Waals surface area contributed by atoms with Crippen molar-refractivity contribution in [2.45, 2.75) is 20.0 Å². The van der Waals surface area contributed by atoms with Crippen LogP contribution in [0.1, 0.15) is 21.6 Å². The number of ether oxygens (including phenoxy) is 1. The molecule has 2 heterocycles. The van der Waals surface area contributed by atoms with E-state index in [1.165, 1.54) is 11.7 Å². The van der Waals surface area contributed by atoms with Crippen LogP contribution >= 0.6 is 15.9 Å². The van der Waals surface area contributed by atoms with E-state index in [-0.39, 0.29) is 23.6 Å². The van der Waals surface area contributed by atoms with Gasteiger partial charge in [-0.25, -0.2) is 0 Å². The minimum absolute atomic E-state index is 0.0769. The van der Waals surface area contributed by atoms with E-state index in [9.17, 15) is 9.59 Å². The Morgan fingerprint density at radius 1 is 1.27 bits per heavy atom. The summed E-state index contributed by atoms with van der Waals surface area (Å²) in [6.07, 6.45) is 3.13.